The van der Waals surface area contributed by atoms with Crippen LogP contribution in [-0.2, 0) is 0 Å². The number of nitrogens with zero attached hydrogens (tertiary/aromatic N) is 3. The zero-order valence-electron chi connectivity index (χ0n) is 11.1. The summed E-state index contributed by atoms with van der Waals surface area (Å²) in [4.78, 5) is 6.66. The monoisotopic (exact) mass is 317 g/mol. The van der Waals surface area contributed by atoms with Gasteiger partial charge in [-0.2, -0.15) is 5.26 Å². The number of pyridine rings is 1. The van der Waals surface area contributed by atoms with Gasteiger partial charge in [0, 0.05) is 34.5 Å². The molecule has 1 atom stereocenters. The number of aromatic nitrogens is 1. The van der Waals surface area contributed by atoms with E-state index in [1.54, 1.807) is 0 Å². The third-order valence-electron chi connectivity index (χ3n) is 3.13. The Morgan fingerprint density at radius 2 is 2.16 bits per heavy atom. The molecule has 1 aromatic heterocycles. The molecule has 1 aromatic carbocycles. The fourth-order valence-electron chi connectivity index (χ4n) is 2.14. The second-order valence-corrected chi connectivity index (χ2v) is 5.39. The van der Waals surface area contributed by atoms with Crippen molar-refractivity contribution in [1.29, 1.82) is 5.26 Å². The Morgan fingerprint density at radius 1 is 1.37 bits per heavy atom. The molecule has 0 aliphatic carbocycles. The van der Waals surface area contributed by atoms with Crippen molar-refractivity contribution in [2.45, 2.75) is 13.8 Å². The molecule has 1 heterocycles. The highest BCUT2D eigenvalue weighted by Crippen LogP contribution is 2.29. The highest BCUT2D eigenvalue weighted by molar-refractivity contribution is 9.10. The zero-order valence-corrected chi connectivity index (χ0v) is 12.7. The van der Waals surface area contributed by atoms with Crippen LogP contribution in [0.5, 0.6) is 0 Å². The lowest BCUT2D eigenvalue weighted by Crippen LogP contribution is -2.28. The molecule has 0 bridgehead atoms. The van der Waals surface area contributed by atoms with E-state index in [-0.39, 0.29) is 5.92 Å². The predicted molar refractivity (Wildman–Crippen MR) is 82.1 cm³/mol. The van der Waals surface area contributed by atoms with Gasteiger partial charge in [0.1, 0.15) is 5.82 Å². The SMILES string of the molecule is CCN(CC(C)C#N)c1nccc2c(Br)cccc12. The van der Waals surface area contributed by atoms with Crippen LogP contribution in [0.15, 0.2) is 34.9 Å². The van der Waals surface area contributed by atoms with Gasteiger partial charge in [-0.25, -0.2) is 4.98 Å². The van der Waals surface area contributed by atoms with Gasteiger partial charge in [-0.3, -0.25) is 0 Å². The maximum Gasteiger partial charge on any atom is 0.136 e. The number of halogens is 1. The molecule has 4 heteroatoms. The summed E-state index contributed by atoms with van der Waals surface area (Å²) in [6.07, 6.45) is 1.82. The summed E-state index contributed by atoms with van der Waals surface area (Å²) in [7, 11) is 0. The first-order valence-electron chi connectivity index (χ1n) is 6.35. The van der Waals surface area contributed by atoms with Crippen LogP contribution in [-0.4, -0.2) is 18.1 Å². The van der Waals surface area contributed by atoms with E-state index in [1.165, 1.54) is 0 Å². The summed E-state index contributed by atoms with van der Waals surface area (Å²) in [5, 5.41) is 11.2. The van der Waals surface area contributed by atoms with Crippen molar-refractivity contribution in [3.8, 4) is 6.07 Å². The first-order valence-corrected chi connectivity index (χ1v) is 7.14. The molecule has 0 saturated heterocycles. The standard InChI is InChI=1S/C15H16BrN3/c1-3-19(10-11(2)9-17)15-13-5-4-6-14(16)12(13)7-8-18-15/h4-8,11H,3,10H2,1-2H3. The molecule has 0 fully saturated rings. The minimum atomic E-state index is -0.0100. The molecule has 0 amide bonds. The van der Waals surface area contributed by atoms with Crippen LogP contribution in [0.4, 0.5) is 5.82 Å². The van der Waals surface area contributed by atoms with Gasteiger partial charge in [-0.1, -0.05) is 28.1 Å². The van der Waals surface area contributed by atoms with Crippen LogP contribution < -0.4 is 4.90 Å². The summed E-state index contributed by atoms with van der Waals surface area (Å²) in [5.74, 6) is 0.938. The Kier molecular flexibility index (Phi) is 4.39. The van der Waals surface area contributed by atoms with Crippen LogP contribution in [0.25, 0.3) is 10.8 Å². The second kappa shape index (κ2) is 6.03. The lowest BCUT2D eigenvalue weighted by Gasteiger charge is -2.24. The van der Waals surface area contributed by atoms with Crippen LogP contribution in [0.1, 0.15) is 13.8 Å². The van der Waals surface area contributed by atoms with Crippen molar-refractivity contribution in [1.82, 2.24) is 4.98 Å². The normalized spacial score (nSPS) is 12.1. The molecule has 98 valence electrons. The smallest absolute Gasteiger partial charge is 0.136 e. The molecule has 0 radical (unpaired) electrons. The molecular formula is C15H16BrN3. The molecule has 0 saturated carbocycles. The third-order valence-corrected chi connectivity index (χ3v) is 3.82. The molecule has 2 aromatic rings. The third kappa shape index (κ3) is 2.87. The number of nitriles is 1. The van der Waals surface area contributed by atoms with E-state index in [1.807, 2.05) is 31.3 Å². The van der Waals surface area contributed by atoms with Gasteiger partial charge in [0.25, 0.3) is 0 Å². The Labute approximate surface area is 122 Å². The first-order chi connectivity index (χ1) is 9.17. The fourth-order valence-corrected chi connectivity index (χ4v) is 2.64. The highest BCUT2D eigenvalue weighted by atomic mass is 79.9. The maximum absolute atomic E-state index is 8.98. The maximum atomic E-state index is 8.98. The van der Waals surface area contributed by atoms with Gasteiger partial charge >= 0.3 is 0 Å². The van der Waals surface area contributed by atoms with Crippen LogP contribution in [0, 0.1) is 17.2 Å². The summed E-state index contributed by atoms with van der Waals surface area (Å²) >= 11 is 3.57. The highest BCUT2D eigenvalue weighted by Gasteiger charge is 2.13. The van der Waals surface area contributed by atoms with E-state index in [9.17, 15) is 0 Å². The van der Waals surface area contributed by atoms with Gasteiger partial charge in [0.15, 0.2) is 0 Å². The number of hydrogen-bond donors (Lipinski definition) is 0. The fraction of sp³-hybridized carbons (Fsp3) is 0.333. The van der Waals surface area contributed by atoms with Gasteiger partial charge in [0.2, 0.25) is 0 Å². The van der Waals surface area contributed by atoms with E-state index in [4.69, 9.17) is 5.26 Å². The molecule has 1 unspecified atom stereocenters. The van der Waals surface area contributed by atoms with Crippen molar-refractivity contribution in [2.75, 3.05) is 18.0 Å². The van der Waals surface area contributed by atoms with Crippen LogP contribution >= 0.6 is 15.9 Å². The Morgan fingerprint density at radius 3 is 2.84 bits per heavy atom. The lowest BCUT2D eigenvalue weighted by atomic mass is 10.1. The summed E-state index contributed by atoms with van der Waals surface area (Å²) in [5.41, 5.74) is 0. The van der Waals surface area contributed by atoms with E-state index in [0.717, 1.165) is 27.6 Å². The van der Waals surface area contributed by atoms with E-state index in [2.05, 4.69) is 44.9 Å². The number of fused-ring (bicyclic) bond motifs is 1. The predicted octanol–water partition coefficient (Wildman–Crippen LogP) is 3.98. The van der Waals surface area contributed by atoms with Crippen molar-refractivity contribution < 1.29 is 0 Å². The molecule has 19 heavy (non-hydrogen) atoms. The van der Waals surface area contributed by atoms with Gasteiger partial charge in [0.05, 0.1) is 12.0 Å². The van der Waals surface area contributed by atoms with Crippen molar-refractivity contribution in [3.05, 3.63) is 34.9 Å². The topological polar surface area (TPSA) is 39.9 Å². The summed E-state index contributed by atoms with van der Waals surface area (Å²) in [6, 6.07) is 10.4. The Bertz CT molecular complexity index is 618. The molecule has 0 spiro atoms. The minimum Gasteiger partial charge on any atom is -0.355 e. The van der Waals surface area contributed by atoms with E-state index >= 15 is 0 Å². The summed E-state index contributed by atoms with van der Waals surface area (Å²) < 4.78 is 1.07. The van der Waals surface area contributed by atoms with Crippen molar-refractivity contribution in [3.63, 3.8) is 0 Å². The van der Waals surface area contributed by atoms with Gasteiger partial charge in [-0.15, -0.1) is 0 Å². The largest absolute Gasteiger partial charge is 0.355 e. The van der Waals surface area contributed by atoms with Gasteiger partial charge < -0.3 is 4.90 Å². The quantitative estimate of drug-likeness (QED) is 0.856. The Balaban J connectivity index is 2.49. The lowest BCUT2D eigenvalue weighted by molar-refractivity contribution is 0.681. The number of hydrogen-bond acceptors (Lipinski definition) is 3. The van der Waals surface area contributed by atoms with Crippen molar-refractivity contribution >= 4 is 32.5 Å². The number of rotatable bonds is 4. The molecule has 3 nitrogen and oxygen atoms in total. The van der Waals surface area contributed by atoms with Crippen LogP contribution in [0.2, 0.25) is 0 Å². The van der Waals surface area contributed by atoms with Crippen molar-refractivity contribution in [2.24, 2.45) is 5.92 Å². The number of anilines is 1. The molecule has 2 rings (SSSR count). The van der Waals surface area contributed by atoms with Gasteiger partial charge in [-0.05, 0) is 26.0 Å². The van der Waals surface area contributed by atoms with Crippen LogP contribution in [0.3, 0.4) is 0 Å². The average Bonchev–Trinajstić information content (AvgIpc) is 2.44. The van der Waals surface area contributed by atoms with E-state index in [0.29, 0.717) is 6.54 Å². The minimum absolute atomic E-state index is 0.0100. The molecule has 0 N–H and O–H groups in total. The summed E-state index contributed by atoms with van der Waals surface area (Å²) in [6.45, 7) is 5.56. The Hall–Kier alpha value is -1.60. The average molecular weight is 318 g/mol. The zero-order chi connectivity index (χ0) is 13.8. The molecule has 0 aliphatic rings. The molecular weight excluding hydrogens is 302 g/mol. The number of benzene rings is 1. The molecule has 0 aliphatic heterocycles. The first kappa shape index (κ1) is 13.8. The second-order valence-electron chi connectivity index (χ2n) is 4.54. The van der Waals surface area contributed by atoms with E-state index < -0.39 is 0 Å².